The monoisotopic (exact) mass is 545 g/mol. The summed E-state index contributed by atoms with van der Waals surface area (Å²) < 4.78 is 44.6. The summed E-state index contributed by atoms with van der Waals surface area (Å²) in [6.07, 6.45) is 1.27. The highest BCUT2D eigenvalue weighted by atomic mass is 32.2. The van der Waals surface area contributed by atoms with Gasteiger partial charge >= 0.3 is 6.09 Å². The molecule has 0 radical (unpaired) electrons. The Morgan fingerprint density at radius 3 is 2.55 bits per heavy atom. The van der Waals surface area contributed by atoms with Crippen LogP contribution in [0.15, 0.2) is 47.4 Å². The van der Waals surface area contributed by atoms with Gasteiger partial charge < -0.3 is 29.7 Å². The fourth-order valence-electron chi connectivity index (χ4n) is 4.81. The zero-order valence-electron chi connectivity index (χ0n) is 20.8. The van der Waals surface area contributed by atoms with Crippen molar-refractivity contribution in [1.82, 2.24) is 9.62 Å². The maximum absolute atomic E-state index is 13.7. The summed E-state index contributed by atoms with van der Waals surface area (Å²) in [4.78, 5) is 11.6. The Labute approximate surface area is 221 Å². The van der Waals surface area contributed by atoms with Crippen molar-refractivity contribution in [2.45, 2.75) is 49.1 Å². The third-order valence-corrected chi connectivity index (χ3v) is 8.59. The SMILES string of the molecule is N#CCOc1ccc(C[C@H](NC(=O)O)[C@H](O)CN(CC2CCCC2)S(=O)(=O)c2ccc3c(c2)OCO3)cc1. The quantitative estimate of drug-likeness (QED) is 0.365. The molecule has 1 fully saturated rings. The summed E-state index contributed by atoms with van der Waals surface area (Å²) >= 11 is 0. The Balaban J connectivity index is 1.54. The van der Waals surface area contributed by atoms with Crippen LogP contribution in [0.2, 0.25) is 0 Å². The lowest BCUT2D eigenvalue weighted by atomic mass is 10.0. The lowest BCUT2D eigenvalue weighted by molar-refractivity contribution is 0.0971. The van der Waals surface area contributed by atoms with Crippen LogP contribution in [-0.2, 0) is 16.4 Å². The molecule has 3 N–H and O–H groups in total. The number of benzene rings is 2. The maximum atomic E-state index is 13.7. The van der Waals surface area contributed by atoms with E-state index in [1.807, 2.05) is 6.07 Å². The molecule has 0 aromatic heterocycles. The van der Waals surface area contributed by atoms with Crippen LogP contribution < -0.4 is 19.5 Å². The molecule has 0 spiro atoms. The Morgan fingerprint density at radius 1 is 1.16 bits per heavy atom. The van der Waals surface area contributed by atoms with Crippen LogP contribution in [0.25, 0.3) is 0 Å². The van der Waals surface area contributed by atoms with E-state index in [2.05, 4.69) is 5.32 Å². The van der Waals surface area contributed by atoms with E-state index in [0.717, 1.165) is 25.7 Å². The molecule has 1 aliphatic carbocycles. The summed E-state index contributed by atoms with van der Waals surface area (Å²) in [6, 6.07) is 12.0. The Morgan fingerprint density at radius 2 is 1.87 bits per heavy atom. The van der Waals surface area contributed by atoms with Gasteiger partial charge in [0, 0.05) is 19.2 Å². The number of carboxylic acid groups (broad SMARTS) is 1. The number of ether oxygens (including phenoxy) is 3. The van der Waals surface area contributed by atoms with Crippen molar-refractivity contribution in [3.05, 3.63) is 48.0 Å². The molecule has 1 heterocycles. The zero-order valence-corrected chi connectivity index (χ0v) is 21.6. The molecule has 11 nitrogen and oxygen atoms in total. The largest absolute Gasteiger partial charge is 0.479 e. The minimum absolute atomic E-state index is 0.0112. The number of nitrogens with one attached hydrogen (secondary N) is 1. The third kappa shape index (κ3) is 6.86. The standard InChI is InChI=1S/C26H31N3O8S/c27-11-12-35-20-7-5-18(6-8-20)13-22(28-26(31)32)23(30)16-29(15-19-3-1-2-4-19)38(33,34)21-9-10-24-25(14-21)37-17-36-24/h5-10,14,19,22-23,28,30H,1-4,12-13,15-17H2,(H,31,32)/t22-,23+/m0/s1. The number of rotatable bonds is 12. The van der Waals surface area contributed by atoms with Crippen molar-refractivity contribution in [1.29, 1.82) is 5.26 Å². The molecule has 0 saturated heterocycles. The van der Waals surface area contributed by atoms with Crippen molar-refractivity contribution < 1.29 is 37.6 Å². The lowest BCUT2D eigenvalue weighted by Gasteiger charge is -2.30. The summed E-state index contributed by atoms with van der Waals surface area (Å²) in [7, 11) is -4.03. The number of nitriles is 1. The van der Waals surface area contributed by atoms with Crippen molar-refractivity contribution in [2.24, 2.45) is 5.92 Å². The van der Waals surface area contributed by atoms with E-state index in [4.69, 9.17) is 19.5 Å². The van der Waals surface area contributed by atoms with E-state index in [0.29, 0.717) is 22.8 Å². The van der Waals surface area contributed by atoms with E-state index >= 15 is 0 Å². The first-order chi connectivity index (χ1) is 18.3. The van der Waals surface area contributed by atoms with Crippen LogP contribution in [0.5, 0.6) is 17.2 Å². The van der Waals surface area contributed by atoms with Crippen molar-refractivity contribution in [3.63, 3.8) is 0 Å². The lowest BCUT2D eigenvalue weighted by Crippen LogP contribution is -2.50. The molecule has 2 aromatic rings. The number of hydrogen-bond donors (Lipinski definition) is 3. The highest BCUT2D eigenvalue weighted by Gasteiger charge is 2.34. The van der Waals surface area contributed by atoms with Gasteiger partial charge in [-0.2, -0.15) is 9.57 Å². The number of sulfonamides is 1. The molecule has 4 rings (SSSR count). The second-order valence-corrected chi connectivity index (χ2v) is 11.3. The van der Waals surface area contributed by atoms with Crippen LogP contribution in [0.3, 0.4) is 0 Å². The third-order valence-electron chi connectivity index (χ3n) is 6.76. The Hall–Kier alpha value is -3.53. The number of hydrogen-bond acceptors (Lipinski definition) is 8. The fraction of sp³-hybridized carbons (Fsp3) is 0.462. The van der Waals surface area contributed by atoms with Gasteiger partial charge in [-0.25, -0.2) is 13.2 Å². The zero-order chi connectivity index (χ0) is 27.1. The normalized spacial score (nSPS) is 16.7. The van der Waals surface area contributed by atoms with Crippen LogP contribution in [0, 0.1) is 17.2 Å². The van der Waals surface area contributed by atoms with E-state index in [-0.39, 0.29) is 43.7 Å². The Kier molecular flexibility index (Phi) is 8.93. The number of nitrogens with zero attached hydrogens (tertiary/aromatic N) is 2. The smallest absolute Gasteiger partial charge is 0.404 e. The molecule has 12 heteroatoms. The predicted molar refractivity (Wildman–Crippen MR) is 135 cm³/mol. The van der Waals surface area contributed by atoms with Gasteiger partial charge in [-0.05, 0) is 55.0 Å². The highest BCUT2D eigenvalue weighted by Crippen LogP contribution is 2.35. The van der Waals surface area contributed by atoms with Gasteiger partial charge in [0.05, 0.1) is 17.0 Å². The van der Waals surface area contributed by atoms with Crippen LogP contribution in [0.4, 0.5) is 4.79 Å². The maximum Gasteiger partial charge on any atom is 0.404 e. The molecule has 1 aliphatic heterocycles. The van der Waals surface area contributed by atoms with Crippen LogP contribution in [0.1, 0.15) is 31.2 Å². The van der Waals surface area contributed by atoms with Crippen LogP contribution >= 0.6 is 0 Å². The molecule has 1 amide bonds. The van der Waals surface area contributed by atoms with E-state index in [1.54, 1.807) is 24.3 Å². The van der Waals surface area contributed by atoms with E-state index < -0.39 is 28.3 Å². The molecular formula is C26H31N3O8S. The summed E-state index contributed by atoms with van der Waals surface area (Å²) in [6.45, 7) is -0.159. The molecule has 1 saturated carbocycles. The molecule has 2 aliphatic rings. The first kappa shape index (κ1) is 27.5. The first-order valence-electron chi connectivity index (χ1n) is 12.4. The second-order valence-electron chi connectivity index (χ2n) is 9.41. The average Bonchev–Trinajstić information content (AvgIpc) is 3.58. The molecule has 0 unspecified atom stereocenters. The van der Waals surface area contributed by atoms with Gasteiger partial charge in [0.2, 0.25) is 16.8 Å². The van der Waals surface area contributed by atoms with Gasteiger partial charge in [-0.3, -0.25) is 0 Å². The topological polar surface area (TPSA) is 158 Å². The molecule has 38 heavy (non-hydrogen) atoms. The van der Waals surface area contributed by atoms with Crippen molar-refractivity contribution in [3.8, 4) is 23.3 Å². The summed E-state index contributed by atoms with van der Waals surface area (Å²) in [5, 5.41) is 31.6. The number of amides is 1. The van der Waals surface area contributed by atoms with Gasteiger partial charge in [-0.1, -0.05) is 25.0 Å². The van der Waals surface area contributed by atoms with Gasteiger partial charge in [0.25, 0.3) is 0 Å². The molecule has 2 aromatic carbocycles. The van der Waals surface area contributed by atoms with Gasteiger partial charge in [0.1, 0.15) is 11.8 Å². The Bertz CT molecular complexity index is 1260. The first-order valence-corrected chi connectivity index (χ1v) is 13.9. The average molecular weight is 546 g/mol. The number of fused-ring (bicyclic) bond motifs is 1. The van der Waals surface area contributed by atoms with Gasteiger partial charge in [-0.15, -0.1) is 0 Å². The molecular weight excluding hydrogens is 514 g/mol. The second kappa shape index (κ2) is 12.3. The minimum atomic E-state index is -4.03. The number of aliphatic hydroxyl groups is 1. The summed E-state index contributed by atoms with van der Waals surface area (Å²) in [5.41, 5.74) is 0.702. The summed E-state index contributed by atoms with van der Waals surface area (Å²) in [5.74, 6) is 1.43. The predicted octanol–water partition coefficient (Wildman–Crippen LogP) is 2.74. The van der Waals surface area contributed by atoms with Gasteiger partial charge in [0.15, 0.2) is 18.1 Å². The van der Waals surface area contributed by atoms with Crippen molar-refractivity contribution in [2.75, 3.05) is 26.5 Å². The minimum Gasteiger partial charge on any atom is -0.479 e. The highest BCUT2D eigenvalue weighted by molar-refractivity contribution is 7.89. The van der Waals surface area contributed by atoms with Crippen molar-refractivity contribution >= 4 is 16.1 Å². The van der Waals surface area contributed by atoms with E-state index in [1.165, 1.54) is 22.5 Å². The molecule has 204 valence electrons. The number of aliphatic hydroxyl groups excluding tert-OH is 1. The number of carbonyl (C=O) groups is 1. The molecule has 2 atom stereocenters. The molecule has 0 bridgehead atoms. The van der Waals surface area contributed by atoms with E-state index in [9.17, 15) is 23.4 Å². The van der Waals surface area contributed by atoms with Crippen LogP contribution in [-0.4, -0.2) is 67.7 Å². The fourth-order valence-corrected chi connectivity index (χ4v) is 6.36.